The Labute approximate surface area is 134 Å². The van der Waals surface area contributed by atoms with Crippen LogP contribution < -0.4 is 10.1 Å². The maximum atomic E-state index is 12.8. The number of halogens is 3. The standard InChI is InChI=1S/C15H14F3NO3S/c1-8-6-12(22-15(17)18)13(23-8)14(21)19-7-11(20)9-2-4-10(16)5-3-9/h2-6,11,15,20H,7H2,1H3,(H,19,21). The largest absolute Gasteiger partial charge is 0.433 e. The third kappa shape index (κ3) is 4.70. The van der Waals surface area contributed by atoms with E-state index in [4.69, 9.17) is 0 Å². The molecule has 1 amide bonds. The van der Waals surface area contributed by atoms with E-state index >= 15 is 0 Å². The number of aryl methyl sites for hydroxylation is 1. The first-order chi connectivity index (χ1) is 10.9. The van der Waals surface area contributed by atoms with E-state index in [9.17, 15) is 23.1 Å². The summed E-state index contributed by atoms with van der Waals surface area (Å²) in [4.78, 5) is 12.7. The Morgan fingerprint density at radius 2 is 2.00 bits per heavy atom. The van der Waals surface area contributed by atoms with Gasteiger partial charge in [-0.25, -0.2) is 4.39 Å². The number of nitrogens with one attached hydrogen (secondary N) is 1. The molecular formula is C15H14F3NO3S. The minimum absolute atomic E-state index is 0.00843. The molecule has 2 rings (SSSR count). The van der Waals surface area contributed by atoms with Crippen LogP contribution in [0.15, 0.2) is 30.3 Å². The highest BCUT2D eigenvalue weighted by atomic mass is 32.1. The molecule has 0 aliphatic carbocycles. The number of amides is 1. The van der Waals surface area contributed by atoms with Crippen molar-refractivity contribution in [1.82, 2.24) is 5.32 Å². The fourth-order valence-corrected chi connectivity index (χ4v) is 2.77. The SMILES string of the molecule is Cc1cc(OC(F)F)c(C(=O)NCC(O)c2ccc(F)cc2)s1. The third-order valence-corrected chi connectivity index (χ3v) is 3.98. The van der Waals surface area contributed by atoms with Crippen molar-refractivity contribution in [2.75, 3.05) is 6.54 Å². The van der Waals surface area contributed by atoms with Gasteiger partial charge in [-0.15, -0.1) is 11.3 Å². The Hall–Kier alpha value is -2.06. The van der Waals surface area contributed by atoms with Gasteiger partial charge in [0.2, 0.25) is 0 Å². The molecule has 23 heavy (non-hydrogen) atoms. The number of carbonyl (C=O) groups excluding carboxylic acids is 1. The number of aliphatic hydroxyl groups excluding tert-OH is 1. The zero-order valence-electron chi connectivity index (χ0n) is 12.1. The van der Waals surface area contributed by atoms with Crippen molar-refractivity contribution in [3.05, 3.63) is 51.5 Å². The van der Waals surface area contributed by atoms with Gasteiger partial charge in [-0.2, -0.15) is 8.78 Å². The molecule has 124 valence electrons. The zero-order valence-corrected chi connectivity index (χ0v) is 12.9. The molecule has 1 aromatic heterocycles. The fraction of sp³-hybridized carbons (Fsp3) is 0.267. The van der Waals surface area contributed by atoms with Crippen molar-refractivity contribution in [3.8, 4) is 5.75 Å². The quantitative estimate of drug-likeness (QED) is 0.845. The zero-order chi connectivity index (χ0) is 17.0. The predicted octanol–water partition coefficient (Wildman–Crippen LogP) is 3.26. The molecule has 1 aromatic carbocycles. The monoisotopic (exact) mass is 345 g/mol. The topological polar surface area (TPSA) is 58.6 Å². The molecule has 2 N–H and O–H groups in total. The Morgan fingerprint density at radius 3 is 2.61 bits per heavy atom. The van der Waals surface area contributed by atoms with Crippen molar-refractivity contribution >= 4 is 17.2 Å². The van der Waals surface area contributed by atoms with Crippen LogP contribution in [0, 0.1) is 12.7 Å². The van der Waals surface area contributed by atoms with E-state index in [1.54, 1.807) is 6.92 Å². The molecule has 8 heteroatoms. The summed E-state index contributed by atoms with van der Waals surface area (Å²) in [6.07, 6.45) is -1.04. The van der Waals surface area contributed by atoms with Gasteiger partial charge in [-0.1, -0.05) is 12.1 Å². The lowest BCUT2D eigenvalue weighted by Crippen LogP contribution is -2.28. The highest BCUT2D eigenvalue weighted by Gasteiger charge is 2.20. The molecule has 0 aliphatic heterocycles. The van der Waals surface area contributed by atoms with Crippen molar-refractivity contribution < 1.29 is 27.8 Å². The van der Waals surface area contributed by atoms with Gasteiger partial charge in [-0.3, -0.25) is 4.79 Å². The predicted molar refractivity (Wildman–Crippen MR) is 79.4 cm³/mol. The Morgan fingerprint density at radius 1 is 1.35 bits per heavy atom. The van der Waals surface area contributed by atoms with Crippen molar-refractivity contribution in [1.29, 1.82) is 0 Å². The summed E-state index contributed by atoms with van der Waals surface area (Å²) in [5, 5.41) is 12.4. The average molecular weight is 345 g/mol. The lowest BCUT2D eigenvalue weighted by atomic mass is 10.1. The first-order valence-electron chi connectivity index (χ1n) is 6.64. The van der Waals surface area contributed by atoms with Crippen LogP contribution in [0.5, 0.6) is 5.75 Å². The minimum Gasteiger partial charge on any atom is -0.433 e. The van der Waals surface area contributed by atoms with Crippen LogP contribution in [0.1, 0.15) is 26.2 Å². The van der Waals surface area contributed by atoms with Crippen LogP contribution in [0.3, 0.4) is 0 Å². The summed E-state index contributed by atoms with van der Waals surface area (Å²) in [6, 6.07) is 6.52. The highest BCUT2D eigenvalue weighted by Crippen LogP contribution is 2.30. The summed E-state index contributed by atoms with van der Waals surface area (Å²) in [7, 11) is 0. The van der Waals surface area contributed by atoms with Crippen molar-refractivity contribution in [2.45, 2.75) is 19.6 Å². The number of hydrogen-bond donors (Lipinski definition) is 2. The van der Waals surface area contributed by atoms with Gasteiger partial charge >= 0.3 is 6.61 Å². The summed E-state index contributed by atoms with van der Waals surface area (Å²) in [5.41, 5.74) is 0.429. The smallest absolute Gasteiger partial charge is 0.387 e. The van der Waals surface area contributed by atoms with Gasteiger partial charge in [0.1, 0.15) is 16.4 Å². The number of carbonyl (C=O) groups is 1. The van der Waals surface area contributed by atoms with Gasteiger partial charge in [0, 0.05) is 11.4 Å². The number of rotatable bonds is 6. The summed E-state index contributed by atoms with van der Waals surface area (Å²) in [5.74, 6) is -1.26. The van der Waals surface area contributed by atoms with Crippen LogP contribution in [-0.2, 0) is 0 Å². The normalized spacial score (nSPS) is 12.3. The van der Waals surface area contributed by atoms with Crippen LogP contribution >= 0.6 is 11.3 Å². The molecule has 0 bridgehead atoms. The summed E-state index contributed by atoms with van der Waals surface area (Å²) < 4.78 is 41.8. The molecule has 1 unspecified atom stereocenters. The third-order valence-electron chi connectivity index (χ3n) is 2.95. The molecule has 0 saturated carbocycles. The van der Waals surface area contributed by atoms with Gasteiger partial charge < -0.3 is 15.2 Å². The van der Waals surface area contributed by atoms with Crippen molar-refractivity contribution in [3.63, 3.8) is 0 Å². The van der Waals surface area contributed by atoms with Crippen LogP contribution in [0.2, 0.25) is 0 Å². The molecule has 1 heterocycles. The number of hydrogen-bond acceptors (Lipinski definition) is 4. The fourth-order valence-electron chi connectivity index (χ4n) is 1.91. The van der Waals surface area contributed by atoms with Crippen LogP contribution in [0.25, 0.3) is 0 Å². The molecule has 2 aromatic rings. The van der Waals surface area contributed by atoms with Crippen molar-refractivity contribution in [2.24, 2.45) is 0 Å². The molecule has 0 spiro atoms. The van der Waals surface area contributed by atoms with E-state index in [2.05, 4.69) is 10.1 Å². The van der Waals surface area contributed by atoms with E-state index in [0.717, 1.165) is 11.3 Å². The number of ether oxygens (including phenoxy) is 1. The second-order valence-electron chi connectivity index (χ2n) is 4.71. The summed E-state index contributed by atoms with van der Waals surface area (Å²) >= 11 is 1.01. The highest BCUT2D eigenvalue weighted by molar-refractivity contribution is 7.14. The Balaban J connectivity index is 2.00. The maximum Gasteiger partial charge on any atom is 0.387 e. The lowest BCUT2D eigenvalue weighted by Gasteiger charge is -2.12. The molecule has 0 fully saturated rings. The van der Waals surface area contributed by atoms with E-state index < -0.39 is 24.4 Å². The maximum absolute atomic E-state index is 12.8. The molecule has 0 aliphatic rings. The number of benzene rings is 1. The summed E-state index contributed by atoms with van der Waals surface area (Å²) in [6.45, 7) is -1.51. The van der Waals surface area contributed by atoms with E-state index in [-0.39, 0.29) is 17.2 Å². The second-order valence-corrected chi connectivity index (χ2v) is 5.96. The molecule has 1 atom stereocenters. The minimum atomic E-state index is -3.03. The molecule has 0 radical (unpaired) electrons. The lowest BCUT2D eigenvalue weighted by molar-refractivity contribution is -0.0498. The van der Waals surface area contributed by atoms with E-state index in [1.807, 2.05) is 0 Å². The molecule has 4 nitrogen and oxygen atoms in total. The number of thiophene rings is 1. The number of aliphatic hydroxyl groups is 1. The van der Waals surface area contributed by atoms with Gasteiger partial charge in [0.15, 0.2) is 0 Å². The van der Waals surface area contributed by atoms with E-state index in [0.29, 0.717) is 10.4 Å². The van der Waals surface area contributed by atoms with E-state index in [1.165, 1.54) is 30.3 Å². The number of alkyl halides is 2. The van der Waals surface area contributed by atoms with Crippen LogP contribution in [-0.4, -0.2) is 24.2 Å². The van der Waals surface area contributed by atoms with Gasteiger partial charge in [0.05, 0.1) is 6.10 Å². The molecule has 0 saturated heterocycles. The first-order valence-corrected chi connectivity index (χ1v) is 7.45. The Kier molecular flexibility index (Phi) is 5.62. The average Bonchev–Trinajstić information content (AvgIpc) is 2.85. The van der Waals surface area contributed by atoms with Gasteiger partial charge in [0.25, 0.3) is 5.91 Å². The van der Waals surface area contributed by atoms with Crippen LogP contribution in [0.4, 0.5) is 13.2 Å². The Bertz CT molecular complexity index is 673. The first kappa shape index (κ1) is 17.3. The second kappa shape index (κ2) is 7.47. The van der Waals surface area contributed by atoms with Gasteiger partial charge in [-0.05, 0) is 30.7 Å². The molecular weight excluding hydrogens is 331 g/mol.